The lowest BCUT2D eigenvalue weighted by molar-refractivity contribution is 0.407. The Kier molecular flexibility index (Phi) is 3.34. The summed E-state index contributed by atoms with van der Waals surface area (Å²) in [5.74, 6) is 0.765. The third-order valence-electron chi connectivity index (χ3n) is 2.17. The number of benzene rings is 1. The van der Waals surface area contributed by atoms with E-state index < -0.39 is 0 Å². The number of nitrogens with zero attached hydrogens (tertiary/aromatic N) is 1. The molecule has 0 amide bonds. The molecule has 2 rings (SSSR count). The van der Waals surface area contributed by atoms with Crippen LogP contribution in [-0.2, 0) is 6.42 Å². The van der Waals surface area contributed by atoms with Gasteiger partial charge in [0.05, 0.1) is 5.69 Å². The zero-order valence-electron chi connectivity index (χ0n) is 8.97. The molecular formula is C14H13NO. The molecule has 1 aromatic carbocycles. The minimum Gasteiger partial charge on any atom is -0.357 e. The van der Waals surface area contributed by atoms with Gasteiger partial charge in [-0.05, 0) is 11.6 Å². The third kappa shape index (κ3) is 2.70. The van der Waals surface area contributed by atoms with E-state index >= 15 is 0 Å². The van der Waals surface area contributed by atoms with Gasteiger partial charge in [-0.25, -0.2) is 0 Å². The number of rotatable bonds is 4. The molecule has 1 aromatic heterocycles. The maximum absolute atomic E-state index is 5.15. The summed E-state index contributed by atoms with van der Waals surface area (Å²) in [5, 5.41) is 3.92. The number of hydrogen-bond acceptors (Lipinski definition) is 2. The molecule has 80 valence electrons. The van der Waals surface area contributed by atoms with Crippen LogP contribution in [0.3, 0.4) is 0 Å². The molecule has 0 aliphatic carbocycles. The van der Waals surface area contributed by atoms with Gasteiger partial charge in [-0.15, -0.1) is 6.58 Å². The molecule has 0 saturated heterocycles. The maximum atomic E-state index is 5.15. The molecule has 0 bridgehead atoms. The van der Waals surface area contributed by atoms with Crippen LogP contribution in [0.25, 0.3) is 12.2 Å². The van der Waals surface area contributed by atoms with Crippen LogP contribution in [0.2, 0.25) is 0 Å². The number of hydrogen-bond donors (Lipinski definition) is 0. The summed E-state index contributed by atoms with van der Waals surface area (Å²) in [6.07, 6.45) is 6.46. The SMILES string of the molecule is C=CCc1cc(/C=C/c2ccccc2)on1. The molecular weight excluding hydrogens is 198 g/mol. The van der Waals surface area contributed by atoms with Crippen LogP contribution >= 0.6 is 0 Å². The first-order chi connectivity index (χ1) is 7.88. The van der Waals surface area contributed by atoms with Gasteiger partial charge < -0.3 is 4.52 Å². The van der Waals surface area contributed by atoms with Gasteiger partial charge in [0, 0.05) is 12.5 Å². The van der Waals surface area contributed by atoms with Crippen molar-refractivity contribution in [3.8, 4) is 0 Å². The minimum atomic E-state index is 0.739. The summed E-state index contributed by atoms with van der Waals surface area (Å²) >= 11 is 0. The predicted octanol–water partition coefficient (Wildman–Crippen LogP) is 3.57. The molecule has 0 aliphatic rings. The van der Waals surface area contributed by atoms with Gasteiger partial charge in [0.15, 0.2) is 5.76 Å². The average Bonchev–Trinajstić information content (AvgIpc) is 2.76. The predicted molar refractivity (Wildman–Crippen MR) is 65.8 cm³/mol. The Morgan fingerprint density at radius 2 is 2.00 bits per heavy atom. The highest BCUT2D eigenvalue weighted by molar-refractivity contribution is 5.67. The molecule has 0 spiro atoms. The lowest BCUT2D eigenvalue weighted by atomic mass is 10.2. The molecule has 0 unspecified atom stereocenters. The summed E-state index contributed by atoms with van der Waals surface area (Å²) < 4.78 is 5.15. The van der Waals surface area contributed by atoms with E-state index in [1.807, 2.05) is 54.6 Å². The van der Waals surface area contributed by atoms with Gasteiger partial charge in [-0.2, -0.15) is 0 Å². The first kappa shape index (κ1) is 10.4. The summed E-state index contributed by atoms with van der Waals surface area (Å²) in [7, 11) is 0. The van der Waals surface area contributed by atoms with Crippen molar-refractivity contribution in [2.24, 2.45) is 0 Å². The Morgan fingerprint density at radius 3 is 2.75 bits per heavy atom. The van der Waals surface area contributed by atoms with Crippen LogP contribution in [-0.4, -0.2) is 5.16 Å². The Hall–Kier alpha value is -2.09. The van der Waals surface area contributed by atoms with E-state index in [9.17, 15) is 0 Å². The average molecular weight is 211 g/mol. The van der Waals surface area contributed by atoms with Crippen LogP contribution in [0, 0.1) is 0 Å². The topological polar surface area (TPSA) is 26.0 Å². The molecule has 0 N–H and O–H groups in total. The fourth-order valence-corrected chi connectivity index (χ4v) is 1.39. The van der Waals surface area contributed by atoms with E-state index in [0.717, 1.165) is 23.4 Å². The van der Waals surface area contributed by atoms with Crippen molar-refractivity contribution < 1.29 is 4.52 Å². The molecule has 0 saturated carbocycles. The summed E-state index contributed by atoms with van der Waals surface area (Å²) in [4.78, 5) is 0. The molecule has 2 heteroatoms. The van der Waals surface area contributed by atoms with Crippen molar-refractivity contribution >= 4 is 12.2 Å². The van der Waals surface area contributed by atoms with Crippen molar-refractivity contribution in [3.05, 3.63) is 66.1 Å². The van der Waals surface area contributed by atoms with Gasteiger partial charge in [-0.1, -0.05) is 47.6 Å². The first-order valence-electron chi connectivity index (χ1n) is 5.18. The van der Waals surface area contributed by atoms with Gasteiger partial charge in [0.1, 0.15) is 0 Å². The standard InChI is InChI=1S/C14H13NO/c1-2-6-13-11-14(16-15-13)10-9-12-7-4-3-5-8-12/h2-5,7-11H,1,6H2/b10-9+. The molecule has 16 heavy (non-hydrogen) atoms. The second-order valence-electron chi connectivity index (χ2n) is 3.46. The normalized spacial score (nSPS) is 10.8. The fraction of sp³-hybridized carbons (Fsp3) is 0.0714. The Bertz CT molecular complexity index is 482. The molecule has 0 fully saturated rings. The molecule has 0 aliphatic heterocycles. The molecule has 0 radical (unpaired) electrons. The second kappa shape index (κ2) is 5.12. The van der Waals surface area contributed by atoms with Crippen molar-refractivity contribution in [1.82, 2.24) is 5.16 Å². The highest BCUT2D eigenvalue weighted by atomic mass is 16.5. The summed E-state index contributed by atoms with van der Waals surface area (Å²) in [6, 6.07) is 12.0. The number of allylic oxidation sites excluding steroid dienone is 1. The zero-order chi connectivity index (χ0) is 11.2. The van der Waals surface area contributed by atoms with Crippen LogP contribution in [0.5, 0.6) is 0 Å². The Morgan fingerprint density at radius 1 is 1.19 bits per heavy atom. The van der Waals surface area contributed by atoms with Crippen LogP contribution < -0.4 is 0 Å². The molecule has 0 atom stereocenters. The van der Waals surface area contributed by atoms with Crippen LogP contribution in [0.4, 0.5) is 0 Å². The van der Waals surface area contributed by atoms with Gasteiger partial charge in [0.2, 0.25) is 0 Å². The molecule has 2 aromatic rings. The number of aromatic nitrogens is 1. The Labute approximate surface area is 94.9 Å². The lowest BCUT2D eigenvalue weighted by Crippen LogP contribution is -1.76. The quantitative estimate of drug-likeness (QED) is 0.722. The summed E-state index contributed by atoms with van der Waals surface area (Å²) in [5.41, 5.74) is 2.05. The van der Waals surface area contributed by atoms with Gasteiger partial charge in [0.25, 0.3) is 0 Å². The van der Waals surface area contributed by atoms with Gasteiger partial charge in [-0.3, -0.25) is 0 Å². The van der Waals surface area contributed by atoms with Crippen LogP contribution in [0.1, 0.15) is 17.0 Å². The molecule has 2 nitrogen and oxygen atoms in total. The monoisotopic (exact) mass is 211 g/mol. The first-order valence-corrected chi connectivity index (χ1v) is 5.18. The highest BCUT2D eigenvalue weighted by Crippen LogP contribution is 2.10. The van der Waals surface area contributed by atoms with Crippen molar-refractivity contribution in [2.45, 2.75) is 6.42 Å². The van der Waals surface area contributed by atoms with E-state index in [2.05, 4.69) is 11.7 Å². The minimum absolute atomic E-state index is 0.739. The van der Waals surface area contributed by atoms with Crippen molar-refractivity contribution in [1.29, 1.82) is 0 Å². The van der Waals surface area contributed by atoms with Crippen molar-refractivity contribution in [2.75, 3.05) is 0 Å². The van der Waals surface area contributed by atoms with Crippen LogP contribution in [0.15, 0.2) is 53.6 Å². The second-order valence-corrected chi connectivity index (χ2v) is 3.46. The van der Waals surface area contributed by atoms with E-state index in [-0.39, 0.29) is 0 Å². The Balaban J connectivity index is 2.08. The zero-order valence-corrected chi connectivity index (χ0v) is 8.97. The largest absolute Gasteiger partial charge is 0.357 e. The molecule has 1 heterocycles. The van der Waals surface area contributed by atoms with E-state index in [4.69, 9.17) is 4.52 Å². The highest BCUT2D eigenvalue weighted by Gasteiger charge is 1.98. The van der Waals surface area contributed by atoms with E-state index in [1.165, 1.54) is 0 Å². The maximum Gasteiger partial charge on any atom is 0.159 e. The fourth-order valence-electron chi connectivity index (χ4n) is 1.39. The summed E-state index contributed by atoms with van der Waals surface area (Å²) in [6.45, 7) is 3.66. The third-order valence-corrected chi connectivity index (χ3v) is 2.17. The van der Waals surface area contributed by atoms with E-state index in [1.54, 1.807) is 0 Å². The van der Waals surface area contributed by atoms with Crippen molar-refractivity contribution in [3.63, 3.8) is 0 Å². The smallest absolute Gasteiger partial charge is 0.159 e. The van der Waals surface area contributed by atoms with E-state index in [0.29, 0.717) is 0 Å². The lowest BCUT2D eigenvalue weighted by Gasteiger charge is -1.88. The van der Waals surface area contributed by atoms with Gasteiger partial charge >= 0.3 is 0 Å².